The van der Waals surface area contributed by atoms with Crippen LogP contribution < -0.4 is 4.74 Å². The van der Waals surface area contributed by atoms with E-state index in [1.807, 2.05) is 0 Å². The van der Waals surface area contributed by atoms with Crippen molar-refractivity contribution in [3.8, 4) is 5.88 Å². The zero-order chi connectivity index (χ0) is 16.5. The number of pyridine rings is 1. The molecule has 120 valence electrons. The number of rotatable bonds is 2. The molecule has 1 aliphatic heterocycles. The van der Waals surface area contributed by atoms with E-state index in [0.717, 1.165) is 17.3 Å². The first-order valence-electron chi connectivity index (χ1n) is 6.63. The van der Waals surface area contributed by atoms with Gasteiger partial charge in [-0.1, -0.05) is 0 Å². The van der Waals surface area contributed by atoms with Crippen molar-refractivity contribution < 1.29 is 28.3 Å². The molecule has 1 saturated heterocycles. The molecule has 1 unspecified atom stereocenters. The maximum absolute atomic E-state index is 13.5. The molecule has 0 radical (unpaired) electrons. The third-order valence-electron chi connectivity index (χ3n) is 2.81. The van der Waals surface area contributed by atoms with Gasteiger partial charge in [-0.15, -0.1) is 5.06 Å². The summed E-state index contributed by atoms with van der Waals surface area (Å²) in [7, 11) is 1.36. The molecule has 2 rings (SSSR count). The standard InChI is InChI=1S/C14H17FN2O5/c1-14(2,3)21-13(19)17-10(6-11(18)22-17)9-5-8(15)7-16-12(9)20-4/h5,7,10H,6H2,1-4H3. The highest BCUT2D eigenvalue weighted by molar-refractivity contribution is 5.78. The lowest BCUT2D eigenvalue weighted by Crippen LogP contribution is -2.36. The Morgan fingerprint density at radius 3 is 2.77 bits per heavy atom. The molecular weight excluding hydrogens is 295 g/mol. The van der Waals surface area contributed by atoms with E-state index in [4.69, 9.17) is 14.3 Å². The van der Waals surface area contributed by atoms with Crippen LogP contribution >= 0.6 is 0 Å². The lowest BCUT2D eigenvalue weighted by molar-refractivity contribution is -0.170. The maximum Gasteiger partial charge on any atom is 0.444 e. The molecule has 0 aliphatic carbocycles. The van der Waals surface area contributed by atoms with Gasteiger partial charge in [-0.2, -0.15) is 0 Å². The third-order valence-corrected chi connectivity index (χ3v) is 2.81. The fourth-order valence-electron chi connectivity index (χ4n) is 2.01. The lowest BCUT2D eigenvalue weighted by Gasteiger charge is -2.26. The van der Waals surface area contributed by atoms with Crippen molar-refractivity contribution in [2.75, 3.05) is 7.11 Å². The molecule has 1 fully saturated rings. The highest BCUT2D eigenvalue weighted by Crippen LogP contribution is 2.36. The fourth-order valence-corrected chi connectivity index (χ4v) is 2.01. The van der Waals surface area contributed by atoms with Crippen molar-refractivity contribution in [1.82, 2.24) is 10.0 Å². The summed E-state index contributed by atoms with van der Waals surface area (Å²) in [5.41, 5.74) is -0.528. The highest BCUT2D eigenvalue weighted by Gasteiger charge is 2.42. The van der Waals surface area contributed by atoms with Gasteiger partial charge in [0.05, 0.1) is 19.7 Å². The van der Waals surface area contributed by atoms with Gasteiger partial charge in [0.15, 0.2) is 0 Å². The summed E-state index contributed by atoms with van der Waals surface area (Å²) in [4.78, 5) is 32.4. The van der Waals surface area contributed by atoms with E-state index in [2.05, 4.69) is 4.98 Å². The molecular formula is C14H17FN2O5. The number of methoxy groups -OCH3 is 1. The topological polar surface area (TPSA) is 78.0 Å². The number of amides is 1. The average molecular weight is 312 g/mol. The zero-order valence-corrected chi connectivity index (χ0v) is 12.8. The first kappa shape index (κ1) is 16.0. The minimum atomic E-state index is -0.861. The smallest absolute Gasteiger partial charge is 0.444 e. The zero-order valence-electron chi connectivity index (χ0n) is 12.8. The summed E-state index contributed by atoms with van der Waals surface area (Å²) in [6.07, 6.45) is 0.00748. The van der Waals surface area contributed by atoms with Gasteiger partial charge in [-0.3, -0.25) is 0 Å². The first-order chi connectivity index (χ1) is 10.2. The molecule has 0 spiro atoms. The van der Waals surface area contributed by atoms with Crippen LogP contribution in [-0.2, 0) is 14.4 Å². The number of nitrogens with zero attached hydrogens (tertiary/aromatic N) is 2. The molecule has 1 amide bonds. The molecule has 1 aromatic rings. The number of carbonyl (C=O) groups excluding carboxylic acids is 2. The summed E-state index contributed by atoms with van der Waals surface area (Å²) in [6.45, 7) is 5.05. The summed E-state index contributed by atoms with van der Waals surface area (Å²) in [5, 5.41) is 0.784. The Hall–Kier alpha value is -2.38. The van der Waals surface area contributed by atoms with Gasteiger partial charge < -0.3 is 14.3 Å². The van der Waals surface area contributed by atoms with Crippen molar-refractivity contribution in [3.05, 3.63) is 23.6 Å². The van der Waals surface area contributed by atoms with Gasteiger partial charge in [0, 0.05) is 5.56 Å². The van der Waals surface area contributed by atoms with Crippen molar-refractivity contribution in [3.63, 3.8) is 0 Å². The molecule has 0 bridgehead atoms. The SMILES string of the molecule is COc1ncc(F)cc1C1CC(=O)ON1C(=O)OC(C)(C)C. The van der Waals surface area contributed by atoms with Crippen LogP contribution in [0.5, 0.6) is 5.88 Å². The van der Waals surface area contributed by atoms with Crippen molar-refractivity contribution >= 4 is 12.1 Å². The van der Waals surface area contributed by atoms with Crippen LogP contribution in [0.2, 0.25) is 0 Å². The summed E-state index contributed by atoms with van der Waals surface area (Å²) in [6, 6.07) is 0.288. The van der Waals surface area contributed by atoms with E-state index in [0.29, 0.717) is 0 Å². The molecule has 0 aromatic carbocycles. The van der Waals surface area contributed by atoms with Gasteiger partial charge in [0.25, 0.3) is 0 Å². The Bertz CT molecular complexity index is 599. The Morgan fingerprint density at radius 2 is 2.18 bits per heavy atom. The third kappa shape index (κ3) is 3.44. The largest absolute Gasteiger partial charge is 0.481 e. The summed E-state index contributed by atoms with van der Waals surface area (Å²) < 4.78 is 23.7. The molecule has 0 N–H and O–H groups in total. The van der Waals surface area contributed by atoms with E-state index in [1.54, 1.807) is 20.8 Å². The Labute approximate surface area is 126 Å². The predicted octanol–water partition coefficient (Wildman–Crippen LogP) is 2.37. The van der Waals surface area contributed by atoms with Crippen LogP contribution in [0.15, 0.2) is 12.3 Å². The van der Waals surface area contributed by atoms with Gasteiger partial charge in [-0.05, 0) is 26.8 Å². The average Bonchev–Trinajstić information content (AvgIpc) is 2.79. The Morgan fingerprint density at radius 1 is 1.50 bits per heavy atom. The quantitative estimate of drug-likeness (QED) is 0.834. The minimum absolute atomic E-state index is 0.109. The first-order valence-corrected chi connectivity index (χ1v) is 6.63. The monoisotopic (exact) mass is 312 g/mol. The molecule has 8 heteroatoms. The number of halogens is 1. The number of hydrogen-bond acceptors (Lipinski definition) is 6. The second-order valence-electron chi connectivity index (χ2n) is 5.74. The van der Waals surface area contributed by atoms with E-state index in [-0.39, 0.29) is 17.9 Å². The van der Waals surface area contributed by atoms with Crippen LogP contribution in [0.3, 0.4) is 0 Å². The molecule has 1 atom stereocenters. The second-order valence-corrected chi connectivity index (χ2v) is 5.74. The van der Waals surface area contributed by atoms with Gasteiger partial charge in [0.2, 0.25) is 5.88 Å². The van der Waals surface area contributed by atoms with Crippen molar-refractivity contribution in [2.45, 2.75) is 38.8 Å². The van der Waals surface area contributed by atoms with Crippen LogP contribution in [0.4, 0.5) is 9.18 Å². The normalized spacial score (nSPS) is 18.1. The summed E-state index contributed by atoms with van der Waals surface area (Å²) >= 11 is 0. The van der Waals surface area contributed by atoms with E-state index in [1.165, 1.54) is 7.11 Å². The van der Waals surface area contributed by atoms with Gasteiger partial charge in [-0.25, -0.2) is 19.0 Å². The fraction of sp³-hybridized carbons (Fsp3) is 0.500. The number of ether oxygens (including phenoxy) is 2. The second kappa shape index (κ2) is 5.78. The maximum atomic E-state index is 13.5. The van der Waals surface area contributed by atoms with Gasteiger partial charge >= 0.3 is 12.1 Å². The van der Waals surface area contributed by atoms with Crippen molar-refractivity contribution in [1.29, 1.82) is 0 Å². The van der Waals surface area contributed by atoms with Crippen LogP contribution in [-0.4, -0.2) is 34.8 Å². The Kier molecular flexibility index (Phi) is 4.20. The highest BCUT2D eigenvalue weighted by atomic mass is 19.1. The van der Waals surface area contributed by atoms with Crippen LogP contribution in [0.1, 0.15) is 38.8 Å². The van der Waals surface area contributed by atoms with Crippen LogP contribution in [0, 0.1) is 5.82 Å². The molecule has 7 nitrogen and oxygen atoms in total. The predicted molar refractivity (Wildman–Crippen MR) is 72.3 cm³/mol. The molecule has 0 saturated carbocycles. The molecule has 22 heavy (non-hydrogen) atoms. The minimum Gasteiger partial charge on any atom is -0.481 e. The molecule has 1 aromatic heterocycles. The number of hydroxylamine groups is 2. The van der Waals surface area contributed by atoms with E-state index < -0.39 is 29.5 Å². The number of aromatic nitrogens is 1. The van der Waals surface area contributed by atoms with Crippen LogP contribution in [0.25, 0.3) is 0 Å². The Balaban J connectivity index is 2.34. The number of hydrogen-bond donors (Lipinski definition) is 0. The number of carbonyl (C=O) groups is 2. The van der Waals surface area contributed by atoms with Crippen molar-refractivity contribution in [2.24, 2.45) is 0 Å². The molecule has 2 heterocycles. The molecule has 1 aliphatic rings. The van der Waals surface area contributed by atoms with E-state index in [9.17, 15) is 14.0 Å². The summed E-state index contributed by atoms with van der Waals surface area (Å²) in [5.74, 6) is -1.13. The van der Waals surface area contributed by atoms with Gasteiger partial charge in [0.1, 0.15) is 17.5 Å². The lowest BCUT2D eigenvalue weighted by atomic mass is 10.1. The van der Waals surface area contributed by atoms with E-state index >= 15 is 0 Å².